The van der Waals surface area contributed by atoms with Gasteiger partial charge in [-0.15, -0.1) is 0 Å². The zero-order valence-corrected chi connectivity index (χ0v) is 12.2. The lowest BCUT2D eigenvalue weighted by Crippen LogP contribution is -2.16. The molecule has 0 aliphatic carbocycles. The molecule has 5 heteroatoms. The lowest BCUT2D eigenvalue weighted by atomic mass is 10.2. The molecule has 1 amide bonds. The third-order valence-electron chi connectivity index (χ3n) is 3.26. The fraction of sp³-hybridized carbons (Fsp3) is 0.118. The average molecular weight is 292 g/mol. The van der Waals surface area contributed by atoms with Crippen molar-refractivity contribution in [2.45, 2.75) is 13.5 Å². The number of hydrogen-bond donors (Lipinski definition) is 1. The predicted molar refractivity (Wildman–Crippen MR) is 84.7 cm³/mol. The molecule has 0 fully saturated rings. The molecular weight excluding hydrogens is 276 g/mol. The molecule has 1 aromatic carbocycles. The summed E-state index contributed by atoms with van der Waals surface area (Å²) in [5.74, 6) is 0.514. The van der Waals surface area contributed by atoms with Crippen LogP contribution in [-0.4, -0.2) is 20.7 Å². The van der Waals surface area contributed by atoms with Crippen molar-refractivity contribution < 1.29 is 4.79 Å². The SMILES string of the molecule is Cc1cc(NC(=O)c2ccncc2)n(Cc2ccccc2)n1. The van der Waals surface area contributed by atoms with Crippen LogP contribution >= 0.6 is 0 Å². The second-order valence-corrected chi connectivity index (χ2v) is 5.00. The van der Waals surface area contributed by atoms with Crippen molar-refractivity contribution in [2.75, 3.05) is 5.32 Å². The maximum Gasteiger partial charge on any atom is 0.256 e. The molecule has 2 heterocycles. The van der Waals surface area contributed by atoms with E-state index in [0.29, 0.717) is 17.9 Å². The van der Waals surface area contributed by atoms with Gasteiger partial charge in [-0.3, -0.25) is 9.78 Å². The topological polar surface area (TPSA) is 59.8 Å². The van der Waals surface area contributed by atoms with E-state index in [1.54, 1.807) is 29.2 Å². The van der Waals surface area contributed by atoms with Crippen LogP contribution in [0.1, 0.15) is 21.6 Å². The lowest BCUT2D eigenvalue weighted by Gasteiger charge is -2.09. The van der Waals surface area contributed by atoms with Crippen LogP contribution < -0.4 is 5.32 Å². The van der Waals surface area contributed by atoms with Gasteiger partial charge in [0, 0.05) is 24.0 Å². The first kappa shape index (κ1) is 14.0. The van der Waals surface area contributed by atoms with Crippen LogP contribution in [0.2, 0.25) is 0 Å². The molecule has 0 bridgehead atoms. The van der Waals surface area contributed by atoms with Crippen molar-refractivity contribution in [2.24, 2.45) is 0 Å². The minimum absolute atomic E-state index is 0.170. The first-order valence-corrected chi connectivity index (χ1v) is 7.02. The summed E-state index contributed by atoms with van der Waals surface area (Å²) in [4.78, 5) is 16.2. The van der Waals surface area contributed by atoms with E-state index in [0.717, 1.165) is 11.3 Å². The number of benzene rings is 1. The summed E-state index contributed by atoms with van der Waals surface area (Å²) in [7, 11) is 0. The van der Waals surface area contributed by atoms with E-state index in [-0.39, 0.29) is 5.91 Å². The predicted octanol–water partition coefficient (Wildman–Crippen LogP) is 2.89. The number of anilines is 1. The van der Waals surface area contributed by atoms with Crippen LogP contribution in [0, 0.1) is 6.92 Å². The highest BCUT2D eigenvalue weighted by atomic mass is 16.1. The quantitative estimate of drug-likeness (QED) is 0.804. The number of amides is 1. The third kappa shape index (κ3) is 3.20. The second-order valence-electron chi connectivity index (χ2n) is 5.00. The molecule has 0 unspecified atom stereocenters. The minimum Gasteiger partial charge on any atom is -0.307 e. The first-order valence-electron chi connectivity index (χ1n) is 7.02. The van der Waals surface area contributed by atoms with Gasteiger partial charge in [0.1, 0.15) is 5.82 Å². The van der Waals surface area contributed by atoms with E-state index >= 15 is 0 Å². The molecular formula is C17H16N4O. The Morgan fingerprint density at radius 3 is 2.59 bits per heavy atom. The van der Waals surface area contributed by atoms with Gasteiger partial charge in [-0.25, -0.2) is 4.68 Å². The fourth-order valence-electron chi connectivity index (χ4n) is 2.21. The smallest absolute Gasteiger partial charge is 0.256 e. The summed E-state index contributed by atoms with van der Waals surface area (Å²) in [6, 6.07) is 15.2. The summed E-state index contributed by atoms with van der Waals surface area (Å²) in [5.41, 5.74) is 2.56. The zero-order chi connectivity index (χ0) is 15.4. The van der Waals surface area contributed by atoms with Gasteiger partial charge >= 0.3 is 0 Å². The van der Waals surface area contributed by atoms with Crippen LogP contribution in [0.25, 0.3) is 0 Å². The Hall–Kier alpha value is -2.95. The molecule has 110 valence electrons. The molecule has 1 N–H and O–H groups in total. The minimum atomic E-state index is -0.170. The van der Waals surface area contributed by atoms with Gasteiger partial charge in [-0.05, 0) is 24.6 Å². The molecule has 0 spiro atoms. The molecule has 0 aliphatic rings. The van der Waals surface area contributed by atoms with Gasteiger partial charge in [0.15, 0.2) is 0 Å². The summed E-state index contributed by atoms with van der Waals surface area (Å²) in [6.07, 6.45) is 3.20. The van der Waals surface area contributed by atoms with E-state index < -0.39 is 0 Å². The molecule has 5 nitrogen and oxygen atoms in total. The van der Waals surface area contributed by atoms with Crippen LogP contribution in [-0.2, 0) is 6.54 Å². The fourth-order valence-corrected chi connectivity index (χ4v) is 2.21. The molecule has 22 heavy (non-hydrogen) atoms. The Kier molecular flexibility index (Phi) is 3.96. The van der Waals surface area contributed by atoms with Crippen molar-refractivity contribution in [1.29, 1.82) is 0 Å². The number of carbonyl (C=O) groups is 1. The maximum absolute atomic E-state index is 12.2. The van der Waals surface area contributed by atoms with Crippen molar-refractivity contribution >= 4 is 11.7 Å². The number of aromatic nitrogens is 3. The average Bonchev–Trinajstić information content (AvgIpc) is 2.88. The summed E-state index contributed by atoms with van der Waals surface area (Å²) < 4.78 is 1.80. The van der Waals surface area contributed by atoms with Crippen LogP contribution in [0.5, 0.6) is 0 Å². The van der Waals surface area contributed by atoms with Crippen LogP contribution in [0.4, 0.5) is 5.82 Å². The van der Waals surface area contributed by atoms with E-state index in [4.69, 9.17) is 0 Å². The van der Waals surface area contributed by atoms with Gasteiger partial charge in [-0.1, -0.05) is 30.3 Å². The Morgan fingerprint density at radius 2 is 1.86 bits per heavy atom. The first-order chi connectivity index (χ1) is 10.7. The Labute approximate surface area is 128 Å². The number of carbonyl (C=O) groups excluding carboxylic acids is 1. The number of nitrogens with zero attached hydrogens (tertiary/aromatic N) is 3. The van der Waals surface area contributed by atoms with Crippen molar-refractivity contribution in [3.8, 4) is 0 Å². The van der Waals surface area contributed by atoms with Crippen LogP contribution in [0.3, 0.4) is 0 Å². The zero-order valence-electron chi connectivity index (χ0n) is 12.2. The number of pyridine rings is 1. The molecule has 0 saturated carbocycles. The van der Waals surface area contributed by atoms with Gasteiger partial charge in [0.25, 0.3) is 5.91 Å². The number of hydrogen-bond acceptors (Lipinski definition) is 3. The monoisotopic (exact) mass is 292 g/mol. The standard InChI is InChI=1S/C17H16N4O/c1-13-11-16(19-17(22)15-7-9-18-10-8-15)21(20-13)12-14-5-3-2-4-6-14/h2-11H,12H2,1H3,(H,19,22). The van der Waals surface area contributed by atoms with E-state index in [1.807, 2.05) is 43.3 Å². The van der Waals surface area contributed by atoms with Gasteiger partial charge < -0.3 is 5.32 Å². The molecule has 3 rings (SSSR count). The Balaban J connectivity index is 1.81. The molecule has 0 radical (unpaired) electrons. The van der Waals surface area contributed by atoms with Crippen molar-refractivity contribution in [3.05, 3.63) is 77.7 Å². The number of rotatable bonds is 4. The highest BCUT2D eigenvalue weighted by molar-refractivity contribution is 6.03. The highest BCUT2D eigenvalue weighted by Crippen LogP contribution is 2.14. The Morgan fingerprint density at radius 1 is 1.14 bits per heavy atom. The molecule has 3 aromatic rings. The molecule has 0 saturated heterocycles. The van der Waals surface area contributed by atoms with Crippen LogP contribution in [0.15, 0.2) is 60.9 Å². The van der Waals surface area contributed by atoms with Gasteiger partial charge in [0.05, 0.1) is 12.2 Å². The van der Waals surface area contributed by atoms with E-state index in [2.05, 4.69) is 15.4 Å². The van der Waals surface area contributed by atoms with Crippen molar-refractivity contribution in [1.82, 2.24) is 14.8 Å². The molecule has 0 atom stereocenters. The van der Waals surface area contributed by atoms with E-state index in [1.165, 1.54) is 0 Å². The molecule has 2 aromatic heterocycles. The highest BCUT2D eigenvalue weighted by Gasteiger charge is 2.11. The largest absolute Gasteiger partial charge is 0.307 e. The summed E-state index contributed by atoms with van der Waals surface area (Å²) in [5, 5.41) is 7.34. The lowest BCUT2D eigenvalue weighted by molar-refractivity contribution is 0.102. The summed E-state index contributed by atoms with van der Waals surface area (Å²) in [6.45, 7) is 2.52. The summed E-state index contributed by atoms with van der Waals surface area (Å²) >= 11 is 0. The van der Waals surface area contributed by atoms with Gasteiger partial charge in [-0.2, -0.15) is 5.10 Å². The number of nitrogens with one attached hydrogen (secondary N) is 1. The normalized spacial score (nSPS) is 10.4. The third-order valence-corrected chi connectivity index (χ3v) is 3.26. The maximum atomic E-state index is 12.2. The number of aryl methyl sites for hydroxylation is 1. The van der Waals surface area contributed by atoms with Crippen molar-refractivity contribution in [3.63, 3.8) is 0 Å². The van der Waals surface area contributed by atoms with E-state index in [9.17, 15) is 4.79 Å². The molecule has 0 aliphatic heterocycles. The van der Waals surface area contributed by atoms with Gasteiger partial charge in [0.2, 0.25) is 0 Å². The Bertz CT molecular complexity index is 766. The second kappa shape index (κ2) is 6.22.